The second-order valence-electron chi connectivity index (χ2n) is 6.44. The molecular weight excluding hydrogens is 388 g/mol. The zero-order chi connectivity index (χ0) is 21.0. The monoisotopic (exact) mass is 410 g/mol. The molecule has 3 aromatic rings. The number of hydrogen-bond acceptors (Lipinski definition) is 4. The number of carbonyl (C=O) groups excluding carboxylic acids is 1. The lowest BCUT2D eigenvalue weighted by atomic mass is 10.1. The molecule has 0 fully saturated rings. The van der Waals surface area contributed by atoms with Gasteiger partial charge >= 0.3 is 0 Å². The number of rotatable bonds is 6. The number of amides is 1. The van der Waals surface area contributed by atoms with Crippen LogP contribution >= 0.6 is 0 Å². The number of benzene rings is 3. The van der Waals surface area contributed by atoms with E-state index in [-0.39, 0.29) is 10.8 Å². The number of nitrogens with zero attached hydrogens (tertiary/aromatic N) is 1. The number of anilines is 2. The van der Waals surface area contributed by atoms with E-state index in [1.807, 2.05) is 6.07 Å². The molecule has 0 radical (unpaired) electrons. The standard InChI is InChI=1S/C22H22N2O4S/c1-16-15-17(22(25)23-19-11-7-8-12-21(19)28-3)13-14-20(16)24(2)29(26,27)18-9-5-4-6-10-18/h4-15H,1-3H3,(H,23,25). The van der Waals surface area contributed by atoms with Crippen LogP contribution in [0, 0.1) is 6.92 Å². The van der Waals surface area contributed by atoms with Crippen LogP contribution in [0.15, 0.2) is 77.7 Å². The van der Waals surface area contributed by atoms with E-state index < -0.39 is 10.0 Å². The summed E-state index contributed by atoms with van der Waals surface area (Å²) in [5.74, 6) is 0.251. The third-order valence-electron chi connectivity index (χ3n) is 4.56. The molecule has 1 amide bonds. The summed E-state index contributed by atoms with van der Waals surface area (Å²) in [4.78, 5) is 12.8. The maximum Gasteiger partial charge on any atom is 0.264 e. The predicted molar refractivity (Wildman–Crippen MR) is 114 cm³/mol. The highest BCUT2D eigenvalue weighted by atomic mass is 32.2. The first-order valence-corrected chi connectivity index (χ1v) is 10.4. The Hall–Kier alpha value is -3.32. The van der Waals surface area contributed by atoms with Gasteiger partial charge in [0.2, 0.25) is 0 Å². The lowest BCUT2D eigenvalue weighted by Gasteiger charge is -2.22. The van der Waals surface area contributed by atoms with E-state index in [9.17, 15) is 13.2 Å². The SMILES string of the molecule is COc1ccccc1NC(=O)c1ccc(N(C)S(=O)(=O)c2ccccc2)c(C)c1. The van der Waals surface area contributed by atoms with Crippen molar-refractivity contribution in [3.8, 4) is 5.75 Å². The summed E-state index contributed by atoms with van der Waals surface area (Å²) in [6.07, 6.45) is 0. The summed E-state index contributed by atoms with van der Waals surface area (Å²) in [7, 11) is -0.655. The molecule has 0 bridgehead atoms. The van der Waals surface area contributed by atoms with Gasteiger partial charge in [0.15, 0.2) is 0 Å². The number of methoxy groups -OCH3 is 1. The number of carbonyl (C=O) groups is 1. The van der Waals surface area contributed by atoms with Crippen molar-refractivity contribution in [1.29, 1.82) is 0 Å². The number of nitrogens with one attached hydrogen (secondary N) is 1. The summed E-state index contributed by atoms with van der Waals surface area (Å²) >= 11 is 0. The topological polar surface area (TPSA) is 75.7 Å². The van der Waals surface area contributed by atoms with Crippen molar-refractivity contribution in [3.05, 3.63) is 83.9 Å². The third kappa shape index (κ3) is 4.25. The smallest absolute Gasteiger partial charge is 0.264 e. The molecule has 0 aromatic heterocycles. The second-order valence-corrected chi connectivity index (χ2v) is 8.41. The first-order chi connectivity index (χ1) is 13.8. The Morgan fingerprint density at radius 3 is 2.28 bits per heavy atom. The van der Waals surface area contributed by atoms with Gasteiger partial charge in [-0.1, -0.05) is 30.3 Å². The summed E-state index contributed by atoms with van der Waals surface area (Å²) in [6, 6.07) is 20.2. The molecule has 0 aliphatic heterocycles. The predicted octanol–water partition coefficient (Wildman–Crippen LogP) is 4.08. The highest BCUT2D eigenvalue weighted by Crippen LogP contribution is 2.27. The molecule has 0 aliphatic carbocycles. The van der Waals surface area contributed by atoms with Gasteiger partial charge in [0.1, 0.15) is 5.75 Å². The molecule has 0 heterocycles. The van der Waals surface area contributed by atoms with Crippen LogP contribution in [0.3, 0.4) is 0 Å². The van der Waals surface area contributed by atoms with E-state index in [1.54, 1.807) is 73.7 Å². The minimum Gasteiger partial charge on any atom is -0.495 e. The Morgan fingerprint density at radius 1 is 0.966 bits per heavy atom. The van der Waals surface area contributed by atoms with Crippen molar-refractivity contribution in [2.75, 3.05) is 23.8 Å². The van der Waals surface area contributed by atoms with Crippen LogP contribution < -0.4 is 14.4 Å². The second kappa shape index (κ2) is 8.36. The average molecular weight is 410 g/mol. The zero-order valence-electron chi connectivity index (χ0n) is 16.4. The van der Waals surface area contributed by atoms with Crippen molar-refractivity contribution >= 4 is 27.3 Å². The van der Waals surface area contributed by atoms with E-state index in [4.69, 9.17) is 4.74 Å². The van der Waals surface area contributed by atoms with E-state index in [2.05, 4.69) is 5.32 Å². The summed E-state index contributed by atoms with van der Waals surface area (Å²) < 4.78 is 32.2. The lowest BCUT2D eigenvalue weighted by molar-refractivity contribution is 0.102. The Labute approximate surface area is 170 Å². The molecular formula is C22H22N2O4S. The molecule has 0 saturated carbocycles. The van der Waals surface area contributed by atoms with Crippen LogP contribution in [-0.2, 0) is 10.0 Å². The zero-order valence-corrected chi connectivity index (χ0v) is 17.2. The third-order valence-corrected chi connectivity index (χ3v) is 6.34. The van der Waals surface area contributed by atoms with Crippen molar-refractivity contribution in [2.45, 2.75) is 11.8 Å². The fraction of sp³-hybridized carbons (Fsp3) is 0.136. The Bertz CT molecular complexity index is 1130. The van der Waals surface area contributed by atoms with Crippen LogP contribution in [-0.4, -0.2) is 28.5 Å². The van der Waals surface area contributed by atoms with Crippen molar-refractivity contribution < 1.29 is 17.9 Å². The van der Waals surface area contributed by atoms with Crippen LogP contribution in [0.25, 0.3) is 0 Å². The average Bonchev–Trinajstić information content (AvgIpc) is 2.74. The van der Waals surface area contributed by atoms with Crippen molar-refractivity contribution in [3.63, 3.8) is 0 Å². The molecule has 0 aliphatic rings. The summed E-state index contributed by atoms with van der Waals surface area (Å²) in [5.41, 5.74) is 2.15. The van der Waals surface area contributed by atoms with Crippen molar-refractivity contribution in [1.82, 2.24) is 0 Å². The van der Waals surface area contributed by atoms with Gasteiger partial charge < -0.3 is 10.1 Å². The fourth-order valence-electron chi connectivity index (χ4n) is 2.97. The van der Waals surface area contributed by atoms with E-state index in [0.717, 1.165) is 0 Å². The van der Waals surface area contributed by atoms with Crippen LogP contribution in [0.1, 0.15) is 15.9 Å². The summed E-state index contributed by atoms with van der Waals surface area (Å²) in [5, 5.41) is 2.81. The molecule has 0 saturated heterocycles. The van der Waals surface area contributed by atoms with Gasteiger partial charge in [0.05, 0.1) is 23.4 Å². The molecule has 7 heteroatoms. The quantitative estimate of drug-likeness (QED) is 0.664. The van der Waals surface area contributed by atoms with Gasteiger partial charge in [-0.2, -0.15) is 0 Å². The first-order valence-electron chi connectivity index (χ1n) is 8.93. The molecule has 150 valence electrons. The van der Waals surface area contributed by atoms with Gasteiger partial charge in [0, 0.05) is 12.6 Å². The van der Waals surface area contributed by atoms with Gasteiger partial charge in [-0.3, -0.25) is 9.10 Å². The van der Waals surface area contributed by atoms with Crippen LogP contribution in [0.5, 0.6) is 5.75 Å². The van der Waals surface area contributed by atoms with Crippen LogP contribution in [0.4, 0.5) is 11.4 Å². The fourth-order valence-corrected chi connectivity index (χ4v) is 4.25. The number of para-hydroxylation sites is 2. The van der Waals surface area contributed by atoms with E-state index in [1.165, 1.54) is 18.5 Å². The maximum absolute atomic E-state index is 12.8. The van der Waals surface area contributed by atoms with Gasteiger partial charge in [-0.15, -0.1) is 0 Å². The first kappa shape index (κ1) is 20.4. The minimum atomic E-state index is -3.69. The molecule has 3 aromatic carbocycles. The van der Waals surface area contributed by atoms with Gasteiger partial charge in [0.25, 0.3) is 15.9 Å². The normalized spacial score (nSPS) is 11.0. The highest BCUT2D eigenvalue weighted by molar-refractivity contribution is 7.92. The number of aryl methyl sites for hydroxylation is 1. The van der Waals surface area contributed by atoms with E-state index >= 15 is 0 Å². The molecule has 1 N–H and O–H groups in total. The number of ether oxygens (including phenoxy) is 1. The van der Waals surface area contributed by atoms with Gasteiger partial charge in [-0.25, -0.2) is 8.42 Å². The molecule has 0 unspecified atom stereocenters. The number of sulfonamides is 1. The largest absolute Gasteiger partial charge is 0.495 e. The molecule has 6 nitrogen and oxygen atoms in total. The molecule has 29 heavy (non-hydrogen) atoms. The number of hydrogen-bond donors (Lipinski definition) is 1. The molecule has 0 spiro atoms. The van der Waals surface area contributed by atoms with Gasteiger partial charge in [-0.05, 0) is 55.0 Å². The maximum atomic E-state index is 12.8. The summed E-state index contributed by atoms with van der Waals surface area (Å²) in [6.45, 7) is 1.77. The Kier molecular flexibility index (Phi) is 5.89. The molecule has 3 rings (SSSR count). The van der Waals surface area contributed by atoms with Crippen molar-refractivity contribution in [2.24, 2.45) is 0 Å². The molecule has 0 atom stereocenters. The Balaban J connectivity index is 1.86. The highest BCUT2D eigenvalue weighted by Gasteiger charge is 2.22. The Morgan fingerprint density at radius 2 is 1.62 bits per heavy atom. The minimum absolute atomic E-state index is 0.208. The van der Waals surface area contributed by atoms with E-state index in [0.29, 0.717) is 28.3 Å². The van der Waals surface area contributed by atoms with Crippen LogP contribution in [0.2, 0.25) is 0 Å². The lowest BCUT2D eigenvalue weighted by Crippen LogP contribution is -2.27.